The lowest BCUT2D eigenvalue weighted by molar-refractivity contribution is 0.0831. The van der Waals surface area contributed by atoms with E-state index >= 15 is 0 Å². The topological polar surface area (TPSA) is 109 Å². The van der Waals surface area contributed by atoms with Crippen LogP contribution < -0.4 is 5.56 Å². The summed E-state index contributed by atoms with van der Waals surface area (Å²) in [5, 5.41) is 8.74. The van der Waals surface area contributed by atoms with E-state index in [0.717, 1.165) is 31.9 Å². The molecule has 1 aliphatic rings. The number of H-pyrrole nitrogens is 1. The van der Waals surface area contributed by atoms with Gasteiger partial charge < -0.3 is 9.51 Å². The van der Waals surface area contributed by atoms with E-state index in [1.807, 2.05) is 37.3 Å². The van der Waals surface area contributed by atoms with Crippen molar-refractivity contribution < 1.29 is 4.52 Å². The Balaban J connectivity index is 1.31. The summed E-state index contributed by atoms with van der Waals surface area (Å²) >= 11 is 0. The zero-order valence-electron chi connectivity index (χ0n) is 17.5. The van der Waals surface area contributed by atoms with Crippen LogP contribution in [0.1, 0.15) is 30.5 Å². The van der Waals surface area contributed by atoms with Crippen molar-refractivity contribution in [3.05, 3.63) is 64.4 Å². The molecule has 0 radical (unpaired) electrons. The second kappa shape index (κ2) is 8.05. The zero-order valence-corrected chi connectivity index (χ0v) is 17.5. The molecule has 1 aromatic carbocycles. The number of rotatable bonds is 5. The molecule has 4 aromatic rings. The summed E-state index contributed by atoms with van der Waals surface area (Å²) in [5.74, 6) is 1.95. The SMILES string of the molecule is Cc1noc(C(C)N2CCN(Cc3nc4c(cnn4-c4ccccc4)c(=O)[nH]3)CC2)n1. The Morgan fingerprint density at radius 2 is 1.90 bits per heavy atom. The first-order valence-corrected chi connectivity index (χ1v) is 10.4. The fraction of sp³-hybridized carbons (Fsp3) is 0.381. The highest BCUT2D eigenvalue weighted by atomic mass is 16.5. The lowest BCUT2D eigenvalue weighted by Gasteiger charge is -2.36. The van der Waals surface area contributed by atoms with Crippen molar-refractivity contribution in [3.8, 4) is 5.69 Å². The van der Waals surface area contributed by atoms with Crippen molar-refractivity contribution in [3.63, 3.8) is 0 Å². The molecule has 4 heterocycles. The second-order valence-corrected chi connectivity index (χ2v) is 7.81. The van der Waals surface area contributed by atoms with E-state index in [0.29, 0.717) is 35.1 Å². The van der Waals surface area contributed by atoms with Crippen LogP contribution >= 0.6 is 0 Å². The Morgan fingerprint density at radius 1 is 1.13 bits per heavy atom. The van der Waals surface area contributed by atoms with Gasteiger partial charge in [0.2, 0.25) is 5.89 Å². The van der Waals surface area contributed by atoms with Crippen LogP contribution in [0.3, 0.4) is 0 Å². The lowest BCUT2D eigenvalue weighted by Crippen LogP contribution is -2.47. The fourth-order valence-electron chi connectivity index (χ4n) is 3.96. The van der Waals surface area contributed by atoms with Gasteiger partial charge in [0.1, 0.15) is 11.2 Å². The van der Waals surface area contributed by atoms with Gasteiger partial charge in [0.15, 0.2) is 11.5 Å². The predicted molar refractivity (Wildman–Crippen MR) is 114 cm³/mol. The summed E-state index contributed by atoms with van der Waals surface area (Å²) in [7, 11) is 0. The second-order valence-electron chi connectivity index (χ2n) is 7.81. The number of piperazine rings is 1. The first-order chi connectivity index (χ1) is 15.1. The minimum Gasteiger partial charge on any atom is -0.338 e. The third-order valence-corrected chi connectivity index (χ3v) is 5.72. The van der Waals surface area contributed by atoms with Gasteiger partial charge in [-0.05, 0) is 26.0 Å². The Bertz CT molecular complexity index is 1240. The summed E-state index contributed by atoms with van der Waals surface area (Å²) in [5.41, 5.74) is 1.28. The fourth-order valence-corrected chi connectivity index (χ4v) is 3.96. The van der Waals surface area contributed by atoms with Gasteiger partial charge in [0.05, 0.1) is 24.5 Å². The van der Waals surface area contributed by atoms with Crippen molar-refractivity contribution in [2.45, 2.75) is 26.4 Å². The summed E-state index contributed by atoms with van der Waals surface area (Å²) in [6.45, 7) is 7.95. The van der Waals surface area contributed by atoms with Gasteiger partial charge in [-0.3, -0.25) is 14.6 Å². The standard InChI is InChI=1S/C21H24N8O2/c1-14(21-23-15(2)26-31-21)28-10-8-27(9-11-28)13-18-24-19-17(20(30)25-18)12-22-29(19)16-6-4-3-5-7-16/h3-7,12,14H,8-11,13H2,1-2H3,(H,24,25,30). The summed E-state index contributed by atoms with van der Waals surface area (Å²) in [6, 6.07) is 9.79. The number of aromatic nitrogens is 6. The highest BCUT2D eigenvalue weighted by Crippen LogP contribution is 2.20. The molecule has 0 bridgehead atoms. The van der Waals surface area contributed by atoms with Crippen LogP contribution in [0.2, 0.25) is 0 Å². The van der Waals surface area contributed by atoms with E-state index < -0.39 is 0 Å². The van der Waals surface area contributed by atoms with E-state index in [1.165, 1.54) is 0 Å². The Morgan fingerprint density at radius 3 is 2.61 bits per heavy atom. The molecule has 0 spiro atoms. The molecule has 1 fully saturated rings. The maximum atomic E-state index is 12.6. The highest BCUT2D eigenvalue weighted by Gasteiger charge is 2.26. The van der Waals surface area contributed by atoms with Crippen molar-refractivity contribution >= 4 is 11.0 Å². The first-order valence-electron chi connectivity index (χ1n) is 10.4. The number of benzene rings is 1. The molecule has 160 valence electrons. The average molecular weight is 420 g/mol. The van der Waals surface area contributed by atoms with Gasteiger partial charge in [0.25, 0.3) is 5.56 Å². The van der Waals surface area contributed by atoms with Gasteiger partial charge in [-0.2, -0.15) is 10.1 Å². The molecule has 1 atom stereocenters. The molecule has 10 heteroatoms. The summed E-state index contributed by atoms with van der Waals surface area (Å²) in [6.07, 6.45) is 1.57. The number of hydrogen-bond acceptors (Lipinski definition) is 8. The number of hydrogen-bond donors (Lipinski definition) is 1. The van der Waals surface area contributed by atoms with Crippen molar-refractivity contribution in [2.24, 2.45) is 0 Å². The van der Waals surface area contributed by atoms with Crippen LogP contribution in [0.25, 0.3) is 16.7 Å². The van der Waals surface area contributed by atoms with Crippen molar-refractivity contribution in [2.75, 3.05) is 26.2 Å². The van der Waals surface area contributed by atoms with Crippen LogP contribution in [0.5, 0.6) is 0 Å². The van der Waals surface area contributed by atoms with E-state index in [2.05, 4.69) is 36.9 Å². The zero-order chi connectivity index (χ0) is 21.4. The summed E-state index contributed by atoms with van der Waals surface area (Å²) < 4.78 is 7.03. The number of aromatic amines is 1. The third-order valence-electron chi connectivity index (χ3n) is 5.72. The number of nitrogens with one attached hydrogen (secondary N) is 1. The first kappa shape index (κ1) is 19.6. The number of nitrogens with zero attached hydrogens (tertiary/aromatic N) is 7. The third kappa shape index (κ3) is 3.87. The summed E-state index contributed by atoms with van der Waals surface area (Å²) in [4.78, 5) is 29.2. The molecule has 1 saturated heterocycles. The molecule has 5 rings (SSSR count). The molecule has 1 aliphatic heterocycles. The average Bonchev–Trinajstić information content (AvgIpc) is 3.41. The van der Waals surface area contributed by atoms with E-state index in [9.17, 15) is 4.79 Å². The largest absolute Gasteiger partial charge is 0.338 e. The molecule has 31 heavy (non-hydrogen) atoms. The van der Waals surface area contributed by atoms with Crippen LogP contribution in [-0.2, 0) is 6.54 Å². The lowest BCUT2D eigenvalue weighted by atomic mass is 10.2. The highest BCUT2D eigenvalue weighted by molar-refractivity contribution is 5.75. The minimum atomic E-state index is -0.166. The van der Waals surface area contributed by atoms with Gasteiger partial charge in [-0.1, -0.05) is 23.4 Å². The van der Waals surface area contributed by atoms with Crippen LogP contribution in [0, 0.1) is 6.92 Å². The molecule has 1 unspecified atom stereocenters. The van der Waals surface area contributed by atoms with E-state index in [4.69, 9.17) is 9.51 Å². The monoisotopic (exact) mass is 420 g/mol. The molecule has 0 saturated carbocycles. The molecule has 0 amide bonds. The maximum Gasteiger partial charge on any atom is 0.262 e. The Hall–Kier alpha value is -3.37. The van der Waals surface area contributed by atoms with Crippen molar-refractivity contribution in [1.82, 2.24) is 39.7 Å². The van der Waals surface area contributed by atoms with Gasteiger partial charge in [-0.15, -0.1) is 0 Å². The van der Waals surface area contributed by atoms with E-state index in [-0.39, 0.29) is 11.6 Å². The minimum absolute atomic E-state index is 0.0813. The van der Waals surface area contributed by atoms with Crippen LogP contribution in [-0.4, -0.2) is 65.9 Å². The Labute approximate surface area is 178 Å². The van der Waals surface area contributed by atoms with Crippen molar-refractivity contribution in [1.29, 1.82) is 0 Å². The molecule has 0 aliphatic carbocycles. The number of para-hydroxylation sites is 1. The smallest absolute Gasteiger partial charge is 0.262 e. The Kier molecular flexibility index (Phi) is 5.08. The molecule has 3 aromatic heterocycles. The van der Waals surface area contributed by atoms with E-state index in [1.54, 1.807) is 10.9 Å². The predicted octanol–water partition coefficient (Wildman–Crippen LogP) is 1.68. The molecular formula is C21H24N8O2. The maximum absolute atomic E-state index is 12.6. The quantitative estimate of drug-likeness (QED) is 0.519. The van der Waals surface area contributed by atoms with Gasteiger partial charge in [0, 0.05) is 26.2 Å². The van der Waals surface area contributed by atoms with Gasteiger partial charge in [-0.25, -0.2) is 9.67 Å². The normalized spacial score (nSPS) is 16.7. The molecular weight excluding hydrogens is 396 g/mol. The number of fused-ring (bicyclic) bond motifs is 1. The van der Waals surface area contributed by atoms with Gasteiger partial charge >= 0.3 is 0 Å². The van der Waals surface area contributed by atoms with Crippen LogP contribution in [0.4, 0.5) is 0 Å². The number of aryl methyl sites for hydroxylation is 1. The van der Waals surface area contributed by atoms with Crippen LogP contribution in [0.15, 0.2) is 45.8 Å². The molecule has 10 nitrogen and oxygen atoms in total. The molecule has 1 N–H and O–H groups in total.